The maximum Gasteiger partial charge on any atom is 0.373 e. The van der Waals surface area contributed by atoms with Crippen molar-refractivity contribution in [1.82, 2.24) is 4.98 Å². The average molecular weight is 257 g/mol. The monoisotopic (exact) mass is 257 g/mol. The fourth-order valence-electron chi connectivity index (χ4n) is 2.67. The fraction of sp³-hybridized carbons (Fsp3) is 0.333. The van der Waals surface area contributed by atoms with Gasteiger partial charge < -0.3 is 9.52 Å². The van der Waals surface area contributed by atoms with E-state index in [2.05, 4.69) is 4.98 Å². The molecule has 0 unspecified atom stereocenters. The number of oxazole rings is 1. The van der Waals surface area contributed by atoms with Crippen molar-refractivity contribution in [3.63, 3.8) is 0 Å². The van der Waals surface area contributed by atoms with Crippen LogP contribution in [0.5, 0.6) is 0 Å². The molecule has 3 rings (SSSR count). The molecule has 2 aromatic rings. The van der Waals surface area contributed by atoms with E-state index >= 15 is 0 Å². The zero-order chi connectivity index (χ0) is 13.2. The van der Waals surface area contributed by atoms with Crippen molar-refractivity contribution in [3.8, 4) is 11.5 Å². The van der Waals surface area contributed by atoms with E-state index < -0.39 is 5.97 Å². The summed E-state index contributed by atoms with van der Waals surface area (Å²) in [6.45, 7) is 0. The van der Waals surface area contributed by atoms with Crippen LogP contribution in [0.2, 0.25) is 0 Å². The third kappa shape index (κ3) is 2.26. The number of aromatic nitrogens is 1. The number of benzene rings is 1. The van der Waals surface area contributed by atoms with Crippen molar-refractivity contribution < 1.29 is 14.3 Å². The minimum atomic E-state index is -1.03. The van der Waals surface area contributed by atoms with Gasteiger partial charge in [-0.15, -0.1) is 0 Å². The molecular weight excluding hydrogens is 242 g/mol. The van der Waals surface area contributed by atoms with Gasteiger partial charge in [0.15, 0.2) is 0 Å². The molecule has 0 amide bonds. The van der Waals surface area contributed by atoms with Crippen LogP contribution in [0.15, 0.2) is 34.7 Å². The number of nitrogens with zero attached hydrogens (tertiary/aromatic N) is 1. The first-order valence-corrected chi connectivity index (χ1v) is 6.55. The van der Waals surface area contributed by atoms with Crippen LogP contribution >= 0.6 is 0 Å². The number of carboxylic acids is 1. The van der Waals surface area contributed by atoms with Crippen LogP contribution in [-0.2, 0) is 0 Å². The Balaban J connectivity index is 2.04. The second-order valence-electron chi connectivity index (χ2n) is 4.89. The summed E-state index contributed by atoms with van der Waals surface area (Å²) in [4.78, 5) is 15.7. The van der Waals surface area contributed by atoms with E-state index in [1.807, 2.05) is 30.3 Å². The summed E-state index contributed by atoms with van der Waals surface area (Å²) in [5, 5.41) is 9.25. The lowest BCUT2D eigenvalue weighted by Crippen LogP contribution is -2.03. The van der Waals surface area contributed by atoms with Crippen LogP contribution in [0, 0.1) is 0 Å². The summed E-state index contributed by atoms with van der Waals surface area (Å²) in [7, 11) is 0. The summed E-state index contributed by atoms with van der Waals surface area (Å²) in [6, 6.07) is 9.42. The molecule has 0 bridgehead atoms. The molecule has 1 aliphatic rings. The Labute approximate surface area is 111 Å². The first-order chi connectivity index (χ1) is 9.25. The zero-order valence-corrected chi connectivity index (χ0v) is 10.5. The molecular formula is C15H15NO3. The molecule has 0 aliphatic heterocycles. The standard InChI is InChI=1S/C15H15NO3/c17-15(18)13-12(10-6-4-5-7-10)16-14(19-13)11-8-2-1-3-9-11/h1-3,8-10H,4-7H2,(H,17,18). The van der Waals surface area contributed by atoms with Crippen LogP contribution < -0.4 is 0 Å². The Morgan fingerprint density at radius 1 is 1.21 bits per heavy atom. The SMILES string of the molecule is O=C(O)c1oc(-c2ccccc2)nc1C1CCCC1. The lowest BCUT2D eigenvalue weighted by molar-refractivity contribution is 0.0661. The van der Waals surface area contributed by atoms with Gasteiger partial charge in [0.1, 0.15) is 0 Å². The van der Waals surface area contributed by atoms with Crippen molar-refractivity contribution in [3.05, 3.63) is 41.8 Å². The lowest BCUT2D eigenvalue weighted by Gasteiger charge is -2.04. The van der Waals surface area contributed by atoms with Gasteiger partial charge in [0, 0.05) is 11.5 Å². The third-order valence-electron chi connectivity index (χ3n) is 3.61. The molecule has 0 atom stereocenters. The summed E-state index contributed by atoms with van der Waals surface area (Å²) in [5.41, 5.74) is 1.43. The molecule has 1 saturated carbocycles. The van der Waals surface area contributed by atoms with Crippen molar-refractivity contribution in [1.29, 1.82) is 0 Å². The third-order valence-corrected chi connectivity index (χ3v) is 3.61. The van der Waals surface area contributed by atoms with E-state index in [9.17, 15) is 9.90 Å². The van der Waals surface area contributed by atoms with Gasteiger partial charge in [-0.3, -0.25) is 0 Å². The topological polar surface area (TPSA) is 63.3 Å². The Hall–Kier alpha value is -2.10. The number of hydrogen-bond acceptors (Lipinski definition) is 3. The first kappa shape index (κ1) is 12.0. The highest BCUT2D eigenvalue weighted by Crippen LogP contribution is 2.37. The van der Waals surface area contributed by atoms with Crippen LogP contribution in [0.25, 0.3) is 11.5 Å². The smallest absolute Gasteiger partial charge is 0.373 e. The number of aromatic carboxylic acids is 1. The molecule has 4 nitrogen and oxygen atoms in total. The molecule has 0 spiro atoms. The maximum atomic E-state index is 11.3. The Bertz CT molecular complexity index is 583. The molecule has 4 heteroatoms. The molecule has 1 N–H and O–H groups in total. The molecule has 0 radical (unpaired) electrons. The van der Waals surface area contributed by atoms with E-state index in [-0.39, 0.29) is 11.7 Å². The minimum Gasteiger partial charge on any atom is -0.475 e. The molecule has 1 fully saturated rings. The highest BCUT2D eigenvalue weighted by Gasteiger charge is 2.28. The molecule has 98 valence electrons. The van der Waals surface area contributed by atoms with Crippen molar-refractivity contribution >= 4 is 5.97 Å². The first-order valence-electron chi connectivity index (χ1n) is 6.55. The second kappa shape index (κ2) is 4.88. The maximum absolute atomic E-state index is 11.3. The van der Waals surface area contributed by atoms with Gasteiger partial charge in [0.2, 0.25) is 11.7 Å². The van der Waals surface area contributed by atoms with Crippen LogP contribution in [-0.4, -0.2) is 16.1 Å². The number of hydrogen-bond donors (Lipinski definition) is 1. The molecule has 1 aromatic carbocycles. The Morgan fingerprint density at radius 2 is 1.89 bits per heavy atom. The van der Waals surface area contributed by atoms with E-state index in [4.69, 9.17) is 4.42 Å². The normalized spacial score (nSPS) is 15.8. The van der Waals surface area contributed by atoms with Gasteiger partial charge in [-0.25, -0.2) is 9.78 Å². The fourth-order valence-corrected chi connectivity index (χ4v) is 2.67. The molecule has 1 heterocycles. The van der Waals surface area contributed by atoms with Crippen LogP contribution in [0.1, 0.15) is 47.8 Å². The van der Waals surface area contributed by atoms with Crippen molar-refractivity contribution in [2.24, 2.45) is 0 Å². The summed E-state index contributed by atoms with van der Waals surface area (Å²) >= 11 is 0. The molecule has 1 aromatic heterocycles. The van der Waals surface area contributed by atoms with Crippen LogP contribution in [0.4, 0.5) is 0 Å². The minimum absolute atomic E-state index is 0.00533. The van der Waals surface area contributed by atoms with E-state index in [0.29, 0.717) is 11.6 Å². The number of carboxylic acid groups (broad SMARTS) is 1. The summed E-state index contributed by atoms with van der Waals surface area (Å²) in [5.74, 6) is -0.394. The van der Waals surface area contributed by atoms with E-state index in [1.54, 1.807) is 0 Å². The second-order valence-corrected chi connectivity index (χ2v) is 4.89. The van der Waals surface area contributed by atoms with Gasteiger partial charge >= 0.3 is 5.97 Å². The quantitative estimate of drug-likeness (QED) is 0.910. The van der Waals surface area contributed by atoms with E-state index in [1.165, 1.54) is 0 Å². The number of rotatable bonds is 3. The van der Waals surface area contributed by atoms with Crippen molar-refractivity contribution in [2.45, 2.75) is 31.6 Å². The summed E-state index contributed by atoms with van der Waals surface area (Å²) < 4.78 is 5.46. The van der Waals surface area contributed by atoms with E-state index in [0.717, 1.165) is 31.2 Å². The zero-order valence-electron chi connectivity index (χ0n) is 10.5. The predicted octanol–water partition coefficient (Wildman–Crippen LogP) is 3.70. The Morgan fingerprint density at radius 3 is 2.53 bits per heavy atom. The molecule has 1 aliphatic carbocycles. The predicted molar refractivity (Wildman–Crippen MR) is 70.1 cm³/mol. The summed E-state index contributed by atoms with van der Waals surface area (Å²) in [6.07, 6.45) is 4.27. The van der Waals surface area contributed by atoms with Crippen LogP contribution in [0.3, 0.4) is 0 Å². The molecule has 19 heavy (non-hydrogen) atoms. The molecule has 0 saturated heterocycles. The Kier molecular flexibility index (Phi) is 3.07. The van der Waals surface area contributed by atoms with Gasteiger partial charge in [-0.2, -0.15) is 0 Å². The average Bonchev–Trinajstić information content (AvgIpc) is 3.08. The van der Waals surface area contributed by atoms with Gasteiger partial charge in [0.25, 0.3) is 0 Å². The van der Waals surface area contributed by atoms with Gasteiger partial charge in [-0.1, -0.05) is 31.0 Å². The number of carbonyl (C=O) groups is 1. The highest BCUT2D eigenvalue weighted by atomic mass is 16.4. The highest BCUT2D eigenvalue weighted by molar-refractivity contribution is 5.86. The lowest BCUT2D eigenvalue weighted by atomic mass is 10.0. The largest absolute Gasteiger partial charge is 0.475 e. The van der Waals surface area contributed by atoms with Crippen molar-refractivity contribution in [2.75, 3.05) is 0 Å². The van der Waals surface area contributed by atoms with Gasteiger partial charge in [-0.05, 0) is 25.0 Å². The van der Waals surface area contributed by atoms with Gasteiger partial charge in [0.05, 0.1) is 5.69 Å².